The van der Waals surface area contributed by atoms with Crippen LogP contribution in [0.3, 0.4) is 0 Å². The first-order valence-corrected chi connectivity index (χ1v) is 12.3. The zero-order valence-corrected chi connectivity index (χ0v) is 20.5. The molecule has 1 aromatic heterocycles. The second kappa shape index (κ2) is 10.2. The van der Waals surface area contributed by atoms with Crippen molar-refractivity contribution < 1.29 is 27.5 Å². The fraction of sp³-hybridized carbons (Fsp3) is 0.333. The maximum atomic E-state index is 13.4. The minimum atomic E-state index is -4.06. The van der Waals surface area contributed by atoms with Gasteiger partial charge in [0.15, 0.2) is 11.6 Å². The summed E-state index contributed by atoms with van der Waals surface area (Å²) in [5.74, 6) is -3.59. The molecule has 0 saturated heterocycles. The molecule has 0 aliphatic rings. The van der Waals surface area contributed by atoms with Crippen LogP contribution in [-0.2, 0) is 29.1 Å². The first kappa shape index (κ1) is 25.1. The molecule has 0 amide bonds. The molecule has 180 valence electrons. The lowest BCUT2D eigenvalue weighted by Gasteiger charge is -2.17. The van der Waals surface area contributed by atoms with E-state index in [1.807, 2.05) is 6.92 Å². The van der Waals surface area contributed by atoms with Crippen LogP contribution in [0.15, 0.2) is 41.3 Å². The Hall–Kier alpha value is -3.53. The van der Waals surface area contributed by atoms with Crippen LogP contribution in [0.4, 0.5) is 5.82 Å². The fourth-order valence-electron chi connectivity index (χ4n) is 3.83. The van der Waals surface area contributed by atoms with Crippen molar-refractivity contribution in [3.63, 3.8) is 0 Å². The summed E-state index contributed by atoms with van der Waals surface area (Å²) in [6, 6.07) is 10.3. The Morgan fingerprint density at radius 1 is 0.941 bits per heavy atom. The summed E-state index contributed by atoms with van der Waals surface area (Å²) >= 11 is 0. The molecule has 0 atom stereocenters. The first-order chi connectivity index (χ1) is 16.1. The van der Waals surface area contributed by atoms with Crippen molar-refractivity contribution in [2.45, 2.75) is 45.4 Å². The standard InChI is InChI=1S/C24H27N3O6S/c1-6-32-23(28)19(24(29)33-7-2)22-25-18-11-9-8-10-17(18)21(26-22)27-34(30,31)20-15(4)12-14(3)13-16(20)5/h8-13,19H,6-7H2,1-5H3,(H,25,26,27). The number of aromatic nitrogens is 2. The minimum absolute atomic E-state index is 0.0355. The van der Waals surface area contributed by atoms with Crippen molar-refractivity contribution in [1.82, 2.24) is 9.97 Å². The summed E-state index contributed by atoms with van der Waals surface area (Å²) in [4.78, 5) is 34.0. The van der Waals surface area contributed by atoms with Gasteiger partial charge in [0.2, 0.25) is 5.92 Å². The fourth-order valence-corrected chi connectivity index (χ4v) is 5.31. The molecule has 0 aliphatic carbocycles. The predicted molar refractivity (Wildman–Crippen MR) is 127 cm³/mol. The maximum absolute atomic E-state index is 13.4. The average Bonchev–Trinajstić information content (AvgIpc) is 2.73. The molecule has 0 radical (unpaired) electrons. The number of hydrogen-bond acceptors (Lipinski definition) is 8. The topological polar surface area (TPSA) is 125 Å². The highest BCUT2D eigenvalue weighted by molar-refractivity contribution is 7.92. The third-order valence-electron chi connectivity index (χ3n) is 5.03. The molecule has 3 rings (SSSR count). The van der Waals surface area contributed by atoms with Gasteiger partial charge in [0.05, 0.1) is 23.6 Å². The van der Waals surface area contributed by atoms with Gasteiger partial charge in [0, 0.05) is 5.39 Å². The van der Waals surface area contributed by atoms with Crippen LogP contribution in [0.1, 0.15) is 42.3 Å². The number of carbonyl (C=O) groups is 2. The molecule has 1 N–H and O–H groups in total. The van der Waals surface area contributed by atoms with Gasteiger partial charge >= 0.3 is 11.9 Å². The van der Waals surface area contributed by atoms with E-state index in [1.165, 1.54) is 0 Å². The number of aryl methyl sites for hydroxylation is 3. The van der Waals surface area contributed by atoms with Gasteiger partial charge in [-0.1, -0.05) is 29.8 Å². The molecule has 0 unspecified atom stereocenters. The lowest BCUT2D eigenvalue weighted by atomic mass is 10.1. The molecule has 0 aliphatic heterocycles. The Balaban J connectivity index is 2.18. The smallest absolute Gasteiger partial charge is 0.328 e. The highest BCUT2D eigenvalue weighted by atomic mass is 32.2. The summed E-state index contributed by atoms with van der Waals surface area (Å²) in [7, 11) is -4.06. The average molecular weight is 486 g/mol. The maximum Gasteiger partial charge on any atom is 0.328 e. The minimum Gasteiger partial charge on any atom is -0.465 e. The van der Waals surface area contributed by atoms with E-state index in [-0.39, 0.29) is 29.8 Å². The van der Waals surface area contributed by atoms with Gasteiger partial charge in [-0.05, 0) is 57.9 Å². The summed E-state index contributed by atoms with van der Waals surface area (Å²) in [6.45, 7) is 8.60. The SMILES string of the molecule is CCOC(=O)C(C(=O)OCC)c1nc(NS(=O)(=O)c2c(C)cc(C)cc2C)c2ccccc2n1. The van der Waals surface area contributed by atoms with Crippen molar-refractivity contribution in [3.05, 3.63) is 58.9 Å². The zero-order chi connectivity index (χ0) is 25.0. The molecular weight excluding hydrogens is 458 g/mol. The van der Waals surface area contributed by atoms with E-state index in [0.717, 1.165) is 5.56 Å². The highest BCUT2D eigenvalue weighted by Gasteiger charge is 2.35. The van der Waals surface area contributed by atoms with Crippen LogP contribution in [0, 0.1) is 20.8 Å². The molecule has 0 spiro atoms. The second-order valence-electron chi connectivity index (χ2n) is 7.72. The normalized spacial score (nSPS) is 11.5. The van der Waals surface area contributed by atoms with Crippen molar-refractivity contribution in [1.29, 1.82) is 0 Å². The molecule has 2 aromatic carbocycles. The van der Waals surface area contributed by atoms with Crippen molar-refractivity contribution in [2.24, 2.45) is 0 Å². The van der Waals surface area contributed by atoms with Gasteiger partial charge in [-0.3, -0.25) is 14.3 Å². The molecule has 1 heterocycles. The van der Waals surface area contributed by atoms with Crippen LogP contribution in [0.5, 0.6) is 0 Å². The van der Waals surface area contributed by atoms with E-state index in [1.54, 1.807) is 64.1 Å². The number of fused-ring (bicyclic) bond motifs is 1. The summed E-state index contributed by atoms with van der Waals surface area (Å²) < 4.78 is 39.4. The third kappa shape index (κ3) is 5.17. The number of nitrogens with zero attached hydrogens (tertiary/aromatic N) is 2. The number of hydrogen-bond donors (Lipinski definition) is 1. The van der Waals surface area contributed by atoms with Crippen LogP contribution < -0.4 is 4.72 Å². The van der Waals surface area contributed by atoms with Gasteiger partial charge in [-0.25, -0.2) is 18.4 Å². The number of ether oxygens (including phenoxy) is 2. The van der Waals surface area contributed by atoms with E-state index in [2.05, 4.69) is 14.7 Å². The van der Waals surface area contributed by atoms with Crippen LogP contribution in [-0.4, -0.2) is 43.5 Å². The number of nitrogens with one attached hydrogen (secondary N) is 1. The van der Waals surface area contributed by atoms with Gasteiger partial charge in [-0.2, -0.15) is 0 Å². The van der Waals surface area contributed by atoms with E-state index >= 15 is 0 Å². The Kier molecular flexibility index (Phi) is 7.51. The van der Waals surface area contributed by atoms with E-state index in [0.29, 0.717) is 22.0 Å². The van der Waals surface area contributed by atoms with Crippen LogP contribution >= 0.6 is 0 Å². The Bertz CT molecular complexity index is 1310. The molecule has 10 heteroatoms. The lowest BCUT2D eigenvalue weighted by Crippen LogP contribution is -2.28. The van der Waals surface area contributed by atoms with Gasteiger partial charge < -0.3 is 9.47 Å². The number of esters is 2. The number of anilines is 1. The molecule has 0 saturated carbocycles. The molecule has 0 fully saturated rings. The Morgan fingerprint density at radius 3 is 2.06 bits per heavy atom. The number of benzene rings is 2. The molecule has 9 nitrogen and oxygen atoms in total. The predicted octanol–water partition coefficient (Wildman–Crippen LogP) is 3.57. The Morgan fingerprint density at radius 2 is 1.50 bits per heavy atom. The summed E-state index contributed by atoms with van der Waals surface area (Å²) in [5, 5.41) is 0.406. The zero-order valence-electron chi connectivity index (χ0n) is 19.7. The number of sulfonamides is 1. The Labute approximate surface area is 198 Å². The molecular formula is C24H27N3O6S. The van der Waals surface area contributed by atoms with E-state index < -0.39 is 27.9 Å². The summed E-state index contributed by atoms with van der Waals surface area (Å²) in [5.41, 5.74) is 2.45. The van der Waals surface area contributed by atoms with E-state index in [9.17, 15) is 18.0 Å². The van der Waals surface area contributed by atoms with Crippen LogP contribution in [0.2, 0.25) is 0 Å². The van der Waals surface area contributed by atoms with Crippen molar-refractivity contribution in [2.75, 3.05) is 17.9 Å². The van der Waals surface area contributed by atoms with Gasteiger partial charge in [0.1, 0.15) is 0 Å². The molecule has 0 bridgehead atoms. The molecule has 3 aromatic rings. The molecule has 34 heavy (non-hydrogen) atoms. The lowest BCUT2D eigenvalue weighted by molar-refractivity contribution is -0.157. The monoisotopic (exact) mass is 485 g/mol. The first-order valence-electron chi connectivity index (χ1n) is 10.8. The highest BCUT2D eigenvalue weighted by Crippen LogP contribution is 2.29. The third-order valence-corrected chi connectivity index (χ3v) is 6.67. The largest absolute Gasteiger partial charge is 0.465 e. The second-order valence-corrected chi connectivity index (χ2v) is 9.34. The van der Waals surface area contributed by atoms with Crippen LogP contribution in [0.25, 0.3) is 10.9 Å². The van der Waals surface area contributed by atoms with E-state index in [4.69, 9.17) is 9.47 Å². The number of rotatable bonds is 8. The quantitative estimate of drug-likeness (QED) is 0.379. The van der Waals surface area contributed by atoms with Crippen molar-refractivity contribution >= 4 is 38.7 Å². The number of para-hydroxylation sites is 1. The van der Waals surface area contributed by atoms with Crippen molar-refractivity contribution in [3.8, 4) is 0 Å². The summed E-state index contributed by atoms with van der Waals surface area (Å²) in [6.07, 6.45) is 0. The van der Waals surface area contributed by atoms with Gasteiger partial charge in [0.25, 0.3) is 10.0 Å². The number of carbonyl (C=O) groups excluding carboxylic acids is 2. The van der Waals surface area contributed by atoms with Gasteiger partial charge in [-0.15, -0.1) is 0 Å².